The zero-order valence-corrected chi connectivity index (χ0v) is 10.2. The van der Waals surface area contributed by atoms with Crippen LogP contribution >= 0.6 is 0 Å². The minimum atomic E-state index is 0.492. The first-order chi connectivity index (χ1) is 8.31. The van der Waals surface area contributed by atoms with Crippen molar-refractivity contribution in [1.82, 2.24) is 4.90 Å². The van der Waals surface area contributed by atoms with Gasteiger partial charge in [-0.3, -0.25) is 4.90 Å². The Hall–Kier alpha value is -1.30. The van der Waals surface area contributed by atoms with Gasteiger partial charge in [-0.15, -0.1) is 12.3 Å². The number of nitrogens with two attached hydrogens (primary N) is 1. The van der Waals surface area contributed by atoms with Crippen molar-refractivity contribution in [2.24, 2.45) is 11.7 Å². The minimum Gasteiger partial charge on any atom is -0.326 e. The van der Waals surface area contributed by atoms with Crippen LogP contribution in [0, 0.1) is 18.3 Å². The molecule has 1 aliphatic rings. The summed E-state index contributed by atoms with van der Waals surface area (Å²) in [6, 6.07) is 8.58. The highest BCUT2D eigenvalue weighted by Gasteiger charge is 2.17. The van der Waals surface area contributed by atoms with Crippen molar-refractivity contribution >= 4 is 0 Å². The molecule has 0 aliphatic carbocycles. The van der Waals surface area contributed by atoms with Gasteiger partial charge in [0, 0.05) is 19.0 Å². The Morgan fingerprint density at radius 2 is 1.76 bits per heavy atom. The van der Waals surface area contributed by atoms with E-state index in [9.17, 15) is 0 Å². The topological polar surface area (TPSA) is 29.3 Å². The third-order valence-corrected chi connectivity index (χ3v) is 3.49. The highest BCUT2D eigenvalue weighted by molar-refractivity contribution is 5.22. The maximum Gasteiger partial charge on any atom is 0.0233 e. The molecular formula is C15H20N2. The van der Waals surface area contributed by atoms with E-state index in [2.05, 4.69) is 35.1 Å². The molecule has 0 amide bonds. The second kappa shape index (κ2) is 5.86. The van der Waals surface area contributed by atoms with E-state index in [0.29, 0.717) is 12.5 Å². The summed E-state index contributed by atoms with van der Waals surface area (Å²) in [6.45, 7) is 3.89. The van der Waals surface area contributed by atoms with Gasteiger partial charge in [0.05, 0.1) is 0 Å². The molecule has 90 valence electrons. The van der Waals surface area contributed by atoms with E-state index >= 15 is 0 Å². The molecule has 0 unspecified atom stereocenters. The van der Waals surface area contributed by atoms with E-state index in [-0.39, 0.29) is 0 Å². The van der Waals surface area contributed by atoms with Crippen LogP contribution in [-0.2, 0) is 13.1 Å². The van der Waals surface area contributed by atoms with Gasteiger partial charge in [0.15, 0.2) is 0 Å². The molecule has 2 nitrogen and oxygen atoms in total. The van der Waals surface area contributed by atoms with E-state index in [1.165, 1.54) is 11.1 Å². The highest BCUT2D eigenvalue weighted by Crippen LogP contribution is 2.18. The van der Waals surface area contributed by atoms with Gasteiger partial charge in [0.25, 0.3) is 0 Å². The molecule has 0 bridgehead atoms. The molecule has 2 N–H and O–H groups in total. The molecule has 0 atom stereocenters. The highest BCUT2D eigenvalue weighted by atomic mass is 15.1. The van der Waals surface area contributed by atoms with Gasteiger partial charge in [-0.05, 0) is 37.1 Å². The number of likely N-dealkylation sites (tertiary alicyclic amines) is 1. The summed E-state index contributed by atoms with van der Waals surface area (Å²) < 4.78 is 0. The van der Waals surface area contributed by atoms with Crippen LogP contribution in [0.5, 0.6) is 0 Å². The largest absolute Gasteiger partial charge is 0.326 e. The average Bonchev–Trinajstić information content (AvgIpc) is 2.40. The molecule has 1 aromatic carbocycles. The second-order valence-corrected chi connectivity index (χ2v) is 4.74. The minimum absolute atomic E-state index is 0.492. The fourth-order valence-corrected chi connectivity index (χ4v) is 2.30. The lowest BCUT2D eigenvalue weighted by Crippen LogP contribution is -2.32. The molecule has 17 heavy (non-hydrogen) atoms. The molecule has 0 spiro atoms. The zero-order chi connectivity index (χ0) is 12.1. The van der Waals surface area contributed by atoms with Crippen molar-refractivity contribution in [2.75, 3.05) is 13.1 Å². The molecule has 0 radical (unpaired) electrons. The van der Waals surface area contributed by atoms with Crippen LogP contribution in [0.1, 0.15) is 24.0 Å². The van der Waals surface area contributed by atoms with Gasteiger partial charge < -0.3 is 5.73 Å². The third kappa shape index (κ3) is 3.33. The molecule has 1 aliphatic heterocycles. The van der Waals surface area contributed by atoms with Crippen LogP contribution in [0.25, 0.3) is 0 Å². The maximum absolute atomic E-state index is 5.59. The van der Waals surface area contributed by atoms with Crippen molar-refractivity contribution in [1.29, 1.82) is 0 Å². The van der Waals surface area contributed by atoms with Crippen LogP contribution < -0.4 is 5.73 Å². The zero-order valence-electron chi connectivity index (χ0n) is 10.2. The SMILES string of the molecule is C#CC1CCN(Cc2ccc(CN)cc2)CC1. The number of terminal acetylenes is 1. The first-order valence-corrected chi connectivity index (χ1v) is 6.28. The molecule has 1 heterocycles. The van der Waals surface area contributed by atoms with Crippen molar-refractivity contribution in [2.45, 2.75) is 25.9 Å². The van der Waals surface area contributed by atoms with Crippen molar-refractivity contribution in [3.63, 3.8) is 0 Å². The smallest absolute Gasteiger partial charge is 0.0233 e. The van der Waals surface area contributed by atoms with Crippen LogP contribution in [0.15, 0.2) is 24.3 Å². The van der Waals surface area contributed by atoms with Crippen LogP contribution in [0.4, 0.5) is 0 Å². The number of piperidine rings is 1. The fraction of sp³-hybridized carbons (Fsp3) is 0.467. The Bertz CT molecular complexity index is 380. The Morgan fingerprint density at radius 3 is 2.29 bits per heavy atom. The van der Waals surface area contributed by atoms with Gasteiger partial charge in [-0.1, -0.05) is 24.3 Å². The lowest BCUT2D eigenvalue weighted by molar-refractivity contribution is 0.199. The van der Waals surface area contributed by atoms with E-state index in [1.807, 2.05) is 0 Å². The molecule has 2 heteroatoms. The van der Waals surface area contributed by atoms with Gasteiger partial charge in [0.1, 0.15) is 0 Å². The van der Waals surface area contributed by atoms with Gasteiger partial charge in [0.2, 0.25) is 0 Å². The lowest BCUT2D eigenvalue weighted by atomic mass is 9.97. The van der Waals surface area contributed by atoms with E-state index in [0.717, 1.165) is 32.5 Å². The standard InChI is InChI=1S/C15H20N2/c1-2-13-7-9-17(10-8-13)12-15-5-3-14(11-16)4-6-15/h1,3-6,13H,7-12,16H2. The summed E-state index contributed by atoms with van der Waals surface area (Å²) >= 11 is 0. The Kier molecular flexibility index (Phi) is 4.19. The summed E-state index contributed by atoms with van der Waals surface area (Å²) in [5.41, 5.74) is 8.14. The molecule has 1 saturated heterocycles. The van der Waals surface area contributed by atoms with Crippen molar-refractivity contribution in [3.8, 4) is 12.3 Å². The summed E-state index contributed by atoms with van der Waals surface area (Å²) in [7, 11) is 0. The number of nitrogens with zero attached hydrogens (tertiary/aromatic N) is 1. The van der Waals surface area contributed by atoms with Crippen molar-refractivity contribution < 1.29 is 0 Å². The number of benzene rings is 1. The monoisotopic (exact) mass is 228 g/mol. The summed E-state index contributed by atoms with van der Waals surface area (Å²) in [5.74, 6) is 3.35. The van der Waals surface area contributed by atoms with E-state index < -0.39 is 0 Å². The quantitative estimate of drug-likeness (QED) is 0.802. The summed E-state index contributed by atoms with van der Waals surface area (Å²) in [6.07, 6.45) is 7.73. The van der Waals surface area contributed by atoms with E-state index in [1.54, 1.807) is 0 Å². The number of hydrogen-bond donors (Lipinski definition) is 1. The van der Waals surface area contributed by atoms with Crippen LogP contribution in [0.3, 0.4) is 0 Å². The Morgan fingerprint density at radius 1 is 1.18 bits per heavy atom. The molecule has 0 aromatic heterocycles. The van der Waals surface area contributed by atoms with Gasteiger partial charge >= 0.3 is 0 Å². The average molecular weight is 228 g/mol. The maximum atomic E-state index is 5.59. The summed E-state index contributed by atoms with van der Waals surface area (Å²) in [4.78, 5) is 2.48. The van der Waals surface area contributed by atoms with E-state index in [4.69, 9.17) is 12.2 Å². The molecular weight excluding hydrogens is 208 g/mol. The predicted octanol–water partition coefficient (Wildman–Crippen LogP) is 1.99. The predicted molar refractivity (Wildman–Crippen MR) is 71.2 cm³/mol. The lowest BCUT2D eigenvalue weighted by Gasteiger charge is -2.29. The molecule has 1 fully saturated rings. The summed E-state index contributed by atoms with van der Waals surface area (Å²) in [5, 5.41) is 0. The normalized spacial score (nSPS) is 17.9. The number of rotatable bonds is 3. The number of hydrogen-bond acceptors (Lipinski definition) is 2. The fourth-order valence-electron chi connectivity index (χ4n) is 2.30. The second-order valence-electron chi connectivity index (χ2n) is 4.74. The molecule has 0 saturated carbocycles. The van der Waals surface area contributed by atoms with Crippen LogP contribution in [0.2, 0.25) is 0 Å². The van der Waals surface area contributed by atoms with Crippen molar-refractivity contribution in [3.05, 3.63) is 35.4 Å². The first-order valence-electron chi connectivity index (χ1n) is 6.28. The van der Waals surface area contributed by atoms with Gasteiger partial charge in [-0.2, -0.15) is 0 Å². The molecule has 1 aromatic rings. The first kappa shape index (κ1) is 12.2. The van der Waals surface area contributed by atoms with Gasteiger partial charge in [-0.25, -0.2) is 0 Å². The molecule has 2 rings (SSSR count). The Balaban J connectivity index is 1.87. The van der Waals surface area contributed by atoms with Crippen LogP contribution in [-0.4, -0.2) is 18.0 Å². The third-order valence-electron chi connectivity index (χ3n) is 3.49. The Labute approximate surface area is 104 Å².